The van der Waals surface area contributed by atoms with E-state index in [0.717, 1.165) is 6.07 Å². The Balaban J connectivity index is 2.91. The van der Waals surface area contributed by atoms with E-state index in [0.29, 0.717) is 5.75 Å². The summed E-state index contributed by atoms with van der Waals surface area (Å²) in [7, 11) is 2.85. The lowest BCUT2D eigenvalue weighted by Gasteiger charge is -2.10. The third-order valence-electron chi connectivity index (χ3n) is 2.12. The van der Waals surface area contributed by atoms with Gasteiger partial charge in [0.25, 0.3) is 0 Å². The molecule has 1 unspecified atom stereocenters. The van der Waals surface area contributed by atoms with Gasteiger partial charge in [-0.15, -0.1) is 0 Å². The second-order valence-electron chi connectivity index (χ2n) is 3.27. The van der Waals surface area contributed by atoms with Crippen molar-refractivity contribution >= 4 is 5.78 Å². The number of ether oxygens (including phenoxy) is 2. The average molecular weight is 227 g/mol. The van der Waals surface area contributed by atoms with E-state index >= 15 is 0 Å². The summed E-state index contributed by atoms with van der Waals surface area (Å²) >= 11 is 0. The molecular weight excluding hydrogens is 213 g/mol. The average Bonchev–Trinajstić information content (AvgIpc) is 2.28. The molecule has 5 heteroatoms. The van der Waals surface area contributed by atoms with E-state index < -0.39 is 17.6 Å². The molecule has 1 atom stereocenters. The number of methoxy groups -OCH3 is 2. The number of nitrogens with two attached hydrogens (primary N) is 1. The van der Waals surface area contributed by atoms with Crippen molar-refractivity contribution < 1.29 is 18.7 Å². The predicted octanol–water partition coefficient (Wildman–Crippen LogP) is 0.991. The summed E-state index contributed by atoms with van der Waals surface area (Å²) in [6, 6.07) is 3.15. The molecule has 0 saturated heterocycles. The van der Waals surface area contributed by atoms with Gasteiger partial charge < -0.3 is 15.2 Å². The van der Waals surface area contributed by atoms with Gasteiger partial charge >= 0.3 is 0 Å². The SMILES string of the molecule is COCC(N)C(=O)c1ccc(OC)cc1F. The Kier molecular flexibility index (Phi) is 4.39. The maximum atomic E-state index is 13.5. The van der Waals surface area contributed by atoms with E-state index in [1.807, 2.05) is 0 Å². The van der Waals surface area contributed by atoms with Crippen LogP contribution in [0.5, 0.6) is 5.75 Å². The lowest BCUT2D eigenvalue weighted by atomic mass is 10.0. The summed E-state index contributed by atoms with van der Waals surface area (Å²) in [6.45, 7) is 0.0598. The molecule has 0 spiro atoms. The highest BCUT2D eigenvalue weighted by molar-refractivity contribution is 6.00. The first kappa shape index (κ1) is 12.6. The number of hydrogen-bond donors (Lipinski definition) is 1. The van der Waals surface area contributed by atoms with Gasteiger partial charge in [-0.25, -0.2) is 4.39 Å². The maximum Gasteiger partial charge on any atom is 0.184 e. The number of carbonyl (C=O) groups is 1. The Morgan fingerprint density at radius 1 is 1.50 bits per heavy atom. The second kappa shape index (κ2) is 5.58. The number of ketones is 1. The summed E-state index contributed by atoms with van der Waals surface area (Å²) in [6.07, 6.45) is 0. The largest absolute Gasteiger partial charge is 0.497 e. The van der Waals surface area contributed by atoms with Crippen molar-refractivity contribution in [3.8, 4) is 5.75 Å². The van der Waals surface area contributed by atoms with Crippen LogP contribution in [0.4, 0.5) is 4.39 Å². The third-order valence-corrected chi connectivity index (χ3v) is 2.12. The third kappa shape index (κ3) is 2.77. The minimum atomic E-state index is -0.854. The first-order valence-corrected chi connectivity index (χ1v) is 4.72. The normalized spacial score (nSPS) is 12.2. The van der Waals surface area contributed by atoms with Gasteiger partial charge in [-0.3, -0.25) is 4.79 Å². The van der Waals surface area contributed by atoms with Gasteiger partial charge in [0.05, 0.1) is 25.3 Å². The lowest BCUT2D eigenvalue weighted by molar-refractivity contribution is 0.0888. The predicted molar refractivity (Wildman–Crippen MR) is 57.1 cm³/mol. The number of halogens is 1. The monoisotopic (exact) mass is 227 g/mol. The number of benzene rings is 1. The lowest BCUT2D eigenvalue weighted by Crippen LogP contribution is -2.35. The van der Waals surface area contributed by atoms with Crippen molar-refractivity contribution in [2.45, 2.75) is 6.04 Å². The Hall–Kier alpha value is -1.46. The molecular formula is C11H14FNO3. The Labute approximate surface area is 93.2 Å². The first-order chi connectivity index (χ1) is 7.60. The van der Waals surface area contributed by atoms with Crippen molar-refractivity contribution in [3.63, 3.8) is 0 Å². The van der Waals surface area contributed by atoms with E-state index in [4.69, 9.17) is 15.2 Å². The summed E-state index contributed by atoms with van der Waals surface area (Å²) in [5, 5.41) is 0. The maximum absolute atomic E-state index is 13.5. The highest BCUT2D eigenvalue weighted by Crippen LogP contribution is 2.17. The number of Topliss-reactive ketones (excluding diaryl/α,β-unsaturated/α-hetero) is 1. The van der Waals surface area contributed by atoms with Crippen LogP contribution in [0.1, 0.15) is 10.4 Å². The zero-order chi connectivity index (χ0) is 12.1. The highest BCUT2D eigenvalue weighted by atomic mass is 19.1. The fourth-order valence-corrected chi connectivity index (χ4v) is 1.28. The summed E-state index contributed by atoms with van der Waals surface area (Å²) in [5.41, 5.74) is 5.48. The topological polar surface area (TPSA) is 61.5 Å². The van der Waals surface area contributed by atoms with Gasteiger partial charge in [0.2, 0.25) is 0 Å². The van der Waals surface area contributed by atoms with Crippen LogP contribution in [0.2, 0.25) is 0 Å². The standard InChI is InChI=1S/C11H14FNO3/c1-15-6-10(13)11(14)8-4-3-7(16-2)5-9(8)12/h3-5,10H,6,13H2,1-2H3. The first-order valence-electron chi connectivity index (χ1n) is 4.72. The molecule has 0 saturated carbocycles. The van der Waals surface area contributed by atoms with Gasteiger partial charge in [-0.05, 0) is 12.1 Å². The Morgan fingerprint density at radius 2 is 2.19 bits per heavy atom. The van der Waals surface area contributed by atoms with Crippen molar-refractivity contribution in [2.24, 2.45) is 5.73 Å². The summed E-state index contributed by atoms with van der Waals surface area (Å²) in [4.78, 5) is 11.7. The zero-order valence-corrected chi connectivity index (χ0v) is 9.20. The fourth-order valence-electron chi connectivity index (χ4n) is 1.28. The molecule has 0 fully saturated rings. The van der Waals surface area contributed by atoms with Crippen LogP contribution in [0.15, 0.2) is 18.2 Å². The molecule has 1 aromatic rings. The van der Waals surface area contributed by atoms with E-state index in [1.165, 1.54) is 26.4 Å². The molecule has 88 valence electrons. The van der Waals surface area contributed by atoms with Gasteiger partial charge in [0.15, 0.2) is 5.78 Å². The van der Waals surface area contributed by atoms with E-state index in [-0.39, 0.29) is 12.2 Å². The molecule has 1 aromatic carbocycles. The molecule has 0 heterocycles. The van der Waals surface area contributed by atoms with Crippen molar-refractivity contribution in [1.82, 2.24) is 0 Å². The van der Waals surface area contributed by atoms with Crippen LogP contribution >= 0.6 is 0 Å². The molecule has 1 rings (SSSR count). The van der Waals surface area contributed by atoms with Crippen LogP contribution < -0.4 is 10.5 Å². The highest BCUT2D eigenvalue weighted by Gasteiger charge is 2.19. The second-order valence-corrected chi connectivity index (χ2v) is 3.27. The quantitative estimate of drug-likeness (QED) is 0.762. The molecule has 0 amide bonds. The van der Waals surface area contributed by atoms with Crippen molar-refractivity contribution in [3.05, 3.63) is 29.6 Å². The molecule has 0 bridgehead atoms. The summed E-state index contributed by atoms with van der Waals surface area (Å²) in [5.74, 6) is -0.771. The van der Waals surface area contributed by atoms with Gasteiger partial charge in [0, 0.05) is 13.2 Å². The number of hydrogen-bond acceptors (Lipinski definition) is 4. The van der Waals surface area contributed by atoms with Crippen LogP contribution in [0.25, 0.3) is 0 Å². The molecule has 0 aliphatic rings. The van der Waals surface area contributed by atoms with Crippen LogP contribution in [-0.2, 0) is 4.74 Å². The number of carbonyl (C=O) groups excluding carboxylic acids is 1. The van der Waals surface area contributed by atoms with Crippen LogP contribution in [-0.4, -0.2) is 32.7 Å². The summed E-state index contributed by atoms with van der Waals surface area (Å²) < 4.78 is 23.1. The molecule has 0 aliphatic carbocycles. The fraction of sp³-hybridized carbons (Fsp3) is 0.364. The molecule has 0 aliphatic heterocycles. The minimum Gasteiger partial charge on any atom is -0.497 e. The van der Waals surface area contributed by atoms with Crippen LogP contribution in [0, 0.1) is 5.82 Å². The molecule has 0 aromatic heterocycles. The molecule has 0 radical (unpaired) electrons. The van der Waals surface area contributed by atoms with E-state index in [2.05, 4.69) is 0 Å². The van der Waals surface area contributed by atoms with E-state index in [9.17, 15) is 9.18 Å². The van der Waals surface area contributed by atoms with Gasteiger partial charge in [-0.2, -0.15) is 0 Å². The Morgan fingerprint density at radius 3 is 2.69 bits per heavy atom. The number of rotatable bonds is 5. The smallest absolute Gasteiger partial charge is 0.184 e. The van der Waals surface area contributed by atoms with Gasteiger partial charge in [0.1, 0.15) is 11.6 Å². The zero-order valence-electron chi connectivity index (χ0n) is 9.20. The molecule has 4 nitrogen and oxygen atoms in total. The van der Waals surface area contributed by atoms with Crippen molar-refractivity contribution in [2.75, 3.05) is 20.8 Å². The van der Waals surface area contributed by atoms with E-state index in [1.54, 1.807) is 0 Å². The Bertz CT molecular complexity index is 381. The van der Waals surface area contributed by atoms with Gasteiger partial charge in [-0.1, -0.05) is 0 Å². The molecule has 16 heavy (non-hydrogen) atoms. The minimum absolute atomic E-state index is 0.0506. The molecule has 2 N–H and O–H groups in total. The van der Waals surface area contributed by atoms with Crippen molar-refractivity contribution in [1.29, 1.82) is 0 Å². The van der Waals surface area contributed by atoms with Crippen LogP contribution in [0.3, 0.4) is 0 Å².